The van der Waals surface area contributed by atoms with Gasteiger partial charge in [0, 0.05) is 0 Å². The van der Waals surface area contributed by atoms with Gasteiger partial charge in [-0.1, -0.05) is 53.7 Å². The fourth-order valence-corrected chi connectivity index (χ4v) is 2.86. The first kappa shape index (κ1) is 19.7. The summed E-state index contributed by atoms with van der Waals surface area (Å²) in [6, 6.07) is 4.22. The molecule has 23 heavy (non-hydrogen) atoms. The molecule has 4 N–H and O–H groups in total. The first-order valence-electron chi connectivity index (χ1n) is 8.38. The van der Waals surface area contributed by atoms with Crippen molar-refractivity contribution >= 4 is 5.91 Å². The molecule has 0 aromatic heterocycles. The van der Waals surface area contributed by atoms with Crippen molar-refractivity contribution in [3.05, 3.63) is 34.4 Å². The third kappa shape index (κ3) is 4.79. The molecule has 0 spiro atoms. The van der Waals surface area contributed by atoms with Crippen LogP contribution >= 0.6 is 0 Å². The smallest absolute Gasteiger partial charge is 0.220 e. The van der Waals surface area contributed by atoms with E-state index in [0.717, 1.165) is 16.7 Å². The van der Waals surface area contributed by atoms with Crippen LogP contribution in [0.3, 0.4) is 0 Å². The monoisotopic (exact) mass is 321 g/mol. The fraction of sp³-hybridized carbons (Fsp3) is 0.632. The van der Waals surface area contributed by atoms with Crippen LogP contribution in [-0.4, -0.2) is 22.2 Å². The van der Waals surface area contributed by atoms with Gasteiger partial charge in [0.25, 0.3) is 0 Å². The lowest BCUT2D eigenvalue weighted by Crippen LogP contribution is -2.27. The third-order valence-corrected chi connectivity index (χ3v) is 4.25. The maximum Gasteiger partial charge on any atom is 0.220 e. The number of nitrogens with two attached hydrogens (primary N) is 1. The van der Waals surface area contributed by atoms with Crippen molar-refractivity contribution in [2.24, 2.45) is 5.73 Å². The number of hydrogen-bond donors (Lipinski definition) is 3. The van der Waals surface area contributed by atoms with E-state index in [0.29, 0.717) is 5.92 Å². The van der Waals surface area contributed by atoms with Gasteiger partial charge in [-0.05, 0) is 40.0 Å². The summed E-state index contributed by atoms with van der Waals surface area (Å²) in [4.78, 5) is 11.1. The van der Waals surface area contributed by atoms with Gasteiger partial charge in [0.15, 0.2) is 0 Å². The van der Waals surface area contributed by atoms with Gasteiger partial charge < -0.3 is 15.9 Å². The van der Waals surface area contributed by atoms with E-state index < -0.39 is 18.1 Å². The van der Waals surface area contributed by atoms with Crippen molar-refractivity contribution in [2.45, 2.75) is 77.9 Å². The summed E-state index contributed by atoms with van der Waals surface area (Å²) in [5.74, 6) is 0.174. The van der Waals surface area contributed by atoms with E-state index in [1.54, 1.807) is 0 Å². The first-order chi connectivity index (χ1) is 10.6. The summed E-state index contributed by atoms with van der Waals surface area (Å²) < 4.78 is 0. The molecule has 0 aliphatic carbocycles. The van der Waals surface area contributed by atoms with Crippen LogP contribution in [0.15, 0.2) is 12.1 Å². The van der Waals surface area contributed by atoms with Gasteiger partial charge in [0.2, 0.25) is 5.91 Å². The number of carbonyl (C=O) groups is 1. The topological polar surface area (TPSA) is 83.6 Å². The largest absolute Gasteiger partial charge is 0.390 e. The third-order valence-electron chi connectivity index (χ3n) is 4.25. The van der Waals surface area contributed by atoms with Crippen LogP contribution in [0, 0.1) is 0 Å². The zero-order valence-electron chi connectivity index (χ0n) is 15.1. The molecular weight excluding hydrogens is 290 g/mol. The quantitative estimate of drug-likeness (QED) is 0.720. The maximum absolute atomic E-state index is 11.1. The highest BCUT2D eigenvalue weighted by molar-refractivity contribution is 5.74. The predicted octanol–water partition coefficient (Wildman–Crippen LogP) is 3.33. The Bertz CT molecular complexity index is 521. The molecule has 0 radical (unpaired) electrons. The predicted molar refractivity (Wildman–Crippen MR) is 93.5 cm³/mol. The number of carbonyl (C=O) groups excluding carboxylic acids is 1. The highest BCUT2D eigenvalue weighted by atomic mass is 16.3. The van der Waals surface area contributed by atoms with Crippen LogP contribution in [-0.2, 0) is 4.79 Å². The van der Waals surface area contributed by atoms with Crippen LogP contribution < -0.4 is 5.73 Å². The average Bonchev–Trinajstić information content (AvgIpc) is 2.43. The van der Waals surface area contributed by atoms with Crippen LogP contribution in [0.4, 0.5) is 0 Å². The first-order valence-corrected chi connectivity index (χ1v) is 8.38. The normalized spacial score (nSPS) is 14.6. The highest BCUT2D eigenvalue weighted by Gasteiger charge is 2.28. The van der Waals surface area contributed by atoms with Gasteiger partial charge >= 0.3 is 0 Å². The van der Waals surface area contributed by atoms with Gasteiger partial charge in [-0.3, -0.25) is 4.79 Å². The minimum atomic E-state index is -1.19. The highest BCUT2D eigenvalue weighted by Crippen LogP contribution is 2.37. The molecule has 0 heterocycles. The SMILES string of the molecule is CC(C)c1cc(C(C)C)c(C(O)C(O)CC(N)=O)c(C(C)C)c1. The van der Waals surface area contributed by atoms with Crippen LogP contribution in [0.1, 0.15) is 94.1 Å². The summed E-state index contributed by atoms with van der Waals surface area (Å²) in [5.41, 5.74) is 9.17. The average molecular weight is 321 g/mol. The Morgan fingerprint density at radius 2 is 1.39 bits per heavy atom. The summed E-state index contributed by atoms with van der Waals surface area (Å²) in [6.07, 6.45) is -2.55. The van der Waals surface area contributed by atoms with E-state index >= 15 is 0 Å². The van der Waals surface area contributed by atoms with Crippen molar-refractivity contribution in [1.82, 2.24) is 0 Å². The molecule has 0 saturated carbocycles. The van der Waals surface area contributed by atoms with Gasteiger partial charge in [-0.2, -0.15) is 0 Å². The Morgan fingerprint density at radius 1 is 0.957 bits per heavy atom. The van der Waals surface area contributed by atoms with Crippen molar-refractivity contribution in [1.29, 1.82) is 0 Å². The molecular formula is C19H31NO3. The molecule has 4 nitrogen and oxygen atoms in total. The van der Waals surface area contributed by atoms with E-state index in [1.807, 2.05) is 0 Å². The number of aliphatic hydroxyl groups is 2. The lowest BCUT2D eigenvalue weighted by molar-refractivity contribution is -0.121. The van der Waals surface area contributed by atoms with Gasteiger partial charge in [0.05, 0.1) is 12.5 Å². The van der Waals surface area contributed by atoms with E-state index in [-0.39, 0.29) is 18.3 Å². The minimum Gasteiger partial charge on any atom is -0.390 e. The fourth-order valence-electron chi connectivity index (χ4n) is 2.86. The molecule has 0 aliphatic heterocycles. The summed E-state index contributed by atoms with van der Waals surface area (Å²) in [7, 11) is 0. The van der Waals surface area contributed by atoms with E-state index in [2.05, 4.69) is 53.7 Å². The van der Waals surface area contributed by atoms with Crippen LogP contribution in [0.25, 0.3) is 0 Å². The Kier molecular flexibility index (Phi) is 6.78. The molecule has 1 aromatic carbocycles. The zero-order chi connectivity index (χ0) is 17.9. The zero-order valence-corrected chi connectivity index (χ0v) is 15.1. The van der Waals surface area contributed by atoms with E-state index in [4.69, 9.17) is 5.73 Å². The van der Waals surface area contributed by atoms with Crippen LogP contribution in [0.5, 0.6) is 0 Å². The second-order valence-corrected chi connectivity index (χ2v) is 7.26. The number of benzene rings is 1. The molecule has 0 bridgehead atoms. The van der Waals surface area contributed by atoms with Gasteiger partial charge in [-0.25, -0.2) is 0 Å². The van der Waals surface area contributed by atoms with Gasteiger partial charge in [-0.15, -0.1) is 0 Å². The molecule has 130 valence electrons. The van der Waals surface area contributed by atoms with Gasteiger partial charge in [0.1, 0.15) is 6.10 Å². The number of hydrogen-bond acceptors (Lipinski definition) is 3. The number of amides is 1. The Morgan fingerprint density at radius 3 is 1.70 bits per heavy atom. The van der Waals surface area contributed by atoms with Crippen LogP contribution in [0.2, 0.25) is 0 Å². The molecule has 1 rings (SSSR count). The molecule has 2 unspecified atom stereocenters. The molecule has 0 saturated heterocycles. The number of primary amides is 1. The molecule has 4 heteroatoms. The van der Waals surface area contributed by atoms with E-state index in [9.17, 15) is 15.0 Å². The van der Waals surface area contributed by atoms with E-state index in [1.165, 1.54) is 5.56 Å². The lowest BCUT2D eigenvalue weighted by atomic mass is 9.81. The second-order valence-electron chi connectivity index (χ2n) is 7.26. The molecule has 1 amide bonds. The molecule has 2 atom stereocenters. The Hall–Kier alpha value is -1.39. The summed E-state index contributed by atoms with van der Waals surface area (Å²) in [5, 5.41) is 20.9. The number of aliphatic hydroxyl groups excluding tert-OH is 2. The second kappa shape index (κ2) is 7.93. The maximum atomic E-state index is 11.1. The Labute approximate surface area is 139 Å². The van der Waals surface area contributed by atoms with Crippen molar-refractivity contribution < 1.29 is 15.0 Å². The molecule has 0 aliphatic rings. The summed E-state index contributed by atoms with van der Waals surface area (Å²) in [6.45, 7) is 12.6. The lowest BCUT2D eigenvalue weighted by Gasteiger charge is -2.28. The number of rotatable bonds is 7. The summed E-state index contributed by atoms with van der Waals surface area (Å²) >= 11 is 0. The standard InChI is InChI=1S/C19H31NO3/c1-10(2)13-7-14(11(3)4)18(15(8-13)12(5)6)19(23)16(21)9-17(20)22/h7-8,10-12,16,19,21,23H,9H2,1-6H3,(H2,20,22). The van der Waals surface area contributed by atoms with Crippen molar-refractivity contribution in [3.8, 4) is 0 Å². The molecule has 0 fully saturated rings. The molecule has 1 aromatic rings. The minimum absolute atomic E-state index is 0.205. The van der Waals surface area contributed by atoms with Crippen molar-refractivity contribution in [3.63, 3.8) is 0 Å². The Balaban J connectivity index is 3.51. The van der Waals surface area contributed by atoms with Crippen molar-refractivity contribution in [2.75, 3.05) is 0 Å².